The summed E-state index contributed by atoms with van der Waals surface area (Å²) in [7, 11) is 0. The molecule has 1 saturated heterocycles. The van der Waals surface area contributed by atoms with Gasteiger partial charge in [0.05, 0.1) is 5.69 Å². The molecule has 0 spiro atoms. The summed E-state index contributed by atoms with van der Waals surface area (Å²) in [6.45, 7) is 2.21. The number of fused-ring (bicyclic) bond motifs is 1. The van der Waals surface area contributed by atoms with Crippen LogP contribution in [0.4, 0.5) is 5.69 Å². The predicted molar refractivity (Wildman–Crippen MR) is 71.9 cm³/mol. The molecular formula is C14H17N3. The molecule has 0 aromatic heterocycles. The van der Waals surface area contributed by atoms with E-state index in [1.165, 1.54) is 30.5 Å². The number of hydrogen-bond donors (Lipinski definition) is 0. The summed E-state index contributed by atoms with van der Waals surface area (Å²) < 4.78 is 0. The van der Waals surface area contributed by atoms with E-state index in [-0.39, 0.29) is 0 Å². The van der Waals surface area contributed by atoms with Crippen LogP contribution in [0.3, 0.4) is 0 Å². The van der Waals surface area contributed by atoms with Crippen LogP contribution in [0.15, 0.2) is 35.4 Å². The van der Waals surface area contributed by atoms with Crippen LogP contribution >= 0.6 is 0 Å². The molecule has 3 nitrogen and oxygen atoms in total. The number of hydrazone groups is 1. The first kappa shape index (κ1) is 10.5. The number of piperidine rings is 1. The van der Waals surface area contributed by atoms with Gasteiger partial charge in [-0.3, -0.25) is 0 Å². The molecule has 0 N–H and O–H groups in total. The number of hydrazine groups is 1. The van der Waals surface area contributed by atoms with Crippen LogP contribution < -0.4 is 5.12 Å². The Morgan fingerprint density at radius 1 is 1.00 bits per heavy atom. The molecule has 2 aliphatic rings. The molecule has 0 radical (unpaired) electrons. The topological polar surface area (TPSA) is 18.8 Å². The zero-order valence-corrected chi connectivity index (χ0v) is 9.92. The first-order valence-electron chi connectivity index (χ1n) is 6.30. The third kappa shape index (κ3) is 2.11. The van der Waals surface area contributed by atoms with Crippen LogP contribution in [0.5, 0.6) is 0 Å². The van der Waals surface area contributed by atoms with Crippen molar-refractivity contribution in [2.75, 3.05) is 18.2 Å². The van der Waals surface area contributed by atoms with E-state index in [4.69, 9.17) is 0 Å². The smallest absolute Gasteiger partial charge is 0.0853 e. The first-order valence-corrected chi connectivity index (χ1v) is 6.30. The molecule has 0 aliphatic carbocycles. The number of hydrogen-bond acceptors (Lipinski definition) is 3. The van der Waals surface area contributed by atoms with Crippen LogP contribution in [0.25, 0.3) is 6.08 Å². The Balaban J connectivity index is 1.94. The highest BCUT2D eigenvalue weighted by atomic mass is 15.8. The van der Waals surface area contributed by atoms with Crippen LogP contribution in [-0.2, 0) is 0 Å². The fourth-order valence-corrected chi connectivity index (χ4v) is 2.41. The van der Waals surface area contributed by atoms with Crippen LogP contribution in [0.1, 0.15) is 24.8 Å². The average Bonchev–Trinajstić information content (AvgIpc) is 2.62. The molecule has 0 saturated carbocycles. The van der Waals surface area contributed by atoms with Gasteiger partial charge in [0.1, 0.15) is 0 Å². The van der Waals surface area contributed by atoms with Crippen LogP contribution in [0, 0.1) is 0 Å². The highest BCUT2D eigenvalue weighted by Gasteiger charge is 2.20. The molecule has 1 fully saturated rings. The summed E-state index contributed by atoms with van der Waals surface area (Å²) in [4.78, 5) is 0. The zero-order chi connectivity index (χ0) is 11.5. The van der Waals surface area contributed by atoms with E-state index < -0.39 is 0 Å². The fourth-order valence-electron chi connectivity index (χ4n) is 2.41. The van der Waals surface area contributed by atoms with Gasteiger partial charge in [-0.15, -0.1) is 0 Å². The minimum absolute atomic E-state index is 1.10. The number of benzene rings is 1. The van der Waals surface area contributed by atoms with Crippen molar-refractivity contribution < 1.29 is 0 Å². The van der Waals surface area contributed by atoms with Crippen molar-refractivity contribution >= 4 is 18.0 Å². The second-order valence-electron chi connectivity index (χ2n) is 4.49. The molecular weight excluding hydrogens is 210 g/mol. The van der Waals surface area contributed by atoms with Gasteiger partial charge in [-0.2, -0.15) is 15.2 Å². The second kappa shape index (κ2) is 4.72. The maximum Gasteiger partial charge on any atom is 0.0853 e. The van der Waals surface area contributed by atoms with Crippen molar-refractivity contribution in [3.05, 3.63) is 35.9 Å². The van der Waals surface area contributed by atoms with Crippen molar-refractivity contribution in [3.63, 3.8) is 0 Å². The summed E-state index contributed by atoms with van der Waals surface area (Å²) in [6, 6.07) is 8.42. The van der Waals surface area contributed by atoms with E-state index in [1.54, 1.807) is 0 Å². The van der Waals surface area contributed by atoms with Gasteiger partial charge in [-0.05, 0) is 25.0 Å². The molecule has 0 atom stereocenters. The predicted octanol–water partition coefficient (Wildman–Crippen LogP) is 2.91. The third-order valence-corrected chi connectivity index (χ3v) is 3.29. The number of allylic oxidation sites excluding steroid dienone is 1. The Morgan fingerprint density at radius 2 is 1.82 bits per heavy atom. The Kier molecular flexibility index (Phi) is 2.92. The monoisotopic (exact) mass is 227 g/mol. The van der Waals surface area contributed by atoms with Crippen LogP contribution in [0.2, 0.25) is 0 Å². The van der Waals surface area contributed by atoms with Gasteiger partial charge in [0, 0.05) is 24.9 Å². The van der Waals surface area contributed by atoms with Crippen molar-refractivity contribution in [2.24, 2.45) is 5.10 Å². The van der Waals surface area contributed by atoms with E-state index in [2.05, 4.69) is 45.6 Å². The van der Waals surface area contributed by atoms with E-state index in [0.717, 1.165) is 13.1 Å². The number of rotatable bonds is 1. The highest BCUT2D eigenvalue weighted by Crippen LogP contribution is 2.26. The summed E-state index contributed by atoms with van der Waals surface area (Å²) in [6.07, 6.45) is 9.86. The largest absolute Gasteiger partial charge is 0.200 e. The number of anilines is 1. The van der Waals surface area contributed by atoms with Gasteiger partial charge in [-0.1, -0.05) is 30.7 Å². The molecule has 88 valence electrons. The molecule has 0 amide bonds. The molecule has 2 aliphatic heterocycles. The SMILES string of the molecule is C1=Cc2ccccc2N(N2CCCCC2)N=C1. The Hall–Kier alpha value is -1.61. The third-order valence-electron chi connectivity index (χ3n) is 3.29. The van der Waals surface area contributed by atoms with Gasteiger partial charge < -0.3 is 0 Å². The van der Waals surface area contributed by atoms with Crippen molar-refractivity contribution in [1.29, 1.82) is 0 Å². The lowest BCUT2D eigenvalue weighted by atomic mass is 10.1. The van der Waals surface area contributed by atoms with E-state index >= 15 is 0 Å². The first-order chi connectivity index (χ1) is 8.45. The fraction of sp³-hybridized carbons (Fsp3) is 0.357. The normalized spacial score (nSPS) is 20.1. The van der Waals surface area contributed by atoms with Gasteiger partial charge >= 0.3 is 0 Å². The molecule has 17 heavy (non-hydrogen) atoms. The van der Waals surface area contributed by atoms with Crippen molar-refractivity contribution in [2.45, 2.75) is 19.3 Å². The van der Waals surface area contributed by atoms with Gasteiger partial charge in [0.25, 0.3) is 0 Å². The highest BCUT2D eigenvalue weighted by molar-refractivity contribution is 5.84. The molecule has 1 aromatic carbocycles. The van der Waals surface area contributed by atoms with Crippen molar-refractivity contribution in [3.8, 4) is 0 Å². The van der Waals surface area contributed by atoms with Crippen LogP contribution in [-0.4, -0.2) is 24.3 Å². The maximum atomic E-state index is 4.54. The summed E-state index contributed by atoms with van der Waals surface area (Å²) in [5, 5.41) is 8.94. The van der Waals surface area contributed by atoms with Gasteiger partial charge in [0.15, 0.2) is 0 Å². The molecule has 1 aromatic rings. The number of nitrogens with zero attached hydrogens (tertiary/aromatic N) is 3. The Morgan fingerprint density at radius 3 is 2.71 bits per heavy atom. The lowest BCUT2D eigenvalue weighted by molar-refractivity contribution is 0.210. The van der Waals surface area contributed by atoms with E-state index in [0.29, 0.717) is 0 Å². The second-order valence-corrected chi connectivity index (χ2v) is 4.49. The molecule has 3 rings (SSSR count). The lowest BCUT2D eigenvalue weighted by Crippen LogP contribution is -2.42. The molecule has 0 bridgehead atoms. The van der Waals surface area contributed by atoms with E-state index in [9.17, 15) is 0 Å². The van der Waals surface area contributed by atoms with E-state index in [1.807, 2.05) is 12.3 Å². The summed E-state index contributed by atoms with van der Waals surface area (Å²) >= 11 is 0. The summed E-state index contributed by atoms with van der Waals surface area (Å²) in [5.74, 6) is 0. The Labute approximate surface area is 102 Å². The zero-order valence-electron chi connectivity index (χ0n) is 9.92. The average molecular weight is 227 g/mol. The number of para-hydroxylation sites is 1. The lowest BCUT2D eigenvalue weighted by Gasteiger charge is -2.35. The molecule has 3 heteroatoms. The Bertz CT molecular complexity index is 445. The molecule has 2 heterocycles. The molecule has 0 unspecified atom stereocenters. The summed E-state index contributed by atoms with van der Waals surface area (Å²) in [5.41, 5.74) is 2.41. The minimum Gasteiger partial charge on any atom is -0.200 e. The van der Waals surface area contributed by atoms with Gasteiger partial charge in [-0.25, -0.2) is 0 Å². The van der Waals surface area contributed by atoms with Gasteiger partial charge in [0.2, 0.25) is 0 Å². The minimum atomic E-state index is 1.10. The maximum absolute atomic E-state index is 4.54. The quantitative estimate of drug-likeness (QED) is 0.734. The van der Waals surface area contributed by atoms with Crippen molar-refractivity contribution in [1.82, 2.24) is 5.01 Å². The standard InChI is InChI=1S/C14H17N3/c1-4-11-16(12-5-1)17-14-9-3-2-7-13(14)8-6-10-15-17/h2-3,6-10H,1,4-5,11-12H2.